The standard InChI is InChI=1S/C22H29NO2/c1-5-20(25-21-14-11-16(2)15-17(21)3)22(24)23-18(4)12-13-19-9-7-6-8-10-19/h6-11,14-15,18,20H,5,12-13H2,1-4H3,(H,23,24)/t18-,20+/m1/s1. The molecule has 0 saturated carbocycles. The normalized spacial score (nSPS) is 13.1. The van der Waals surface area contributed by atoms with E-state index in [1.165, 1.54) is 11.1 Å². The van der Waals surface area contributed by atoms with Crippen LogP contribution >= 0.6 is 0 Å². The minimum atomic E-state index is -0.458. The molecule has 3 nitrogen and oxygen atoms in total. The fourth-order valence-electron chi connectivity index (χ4n) is 2.84. The third kappa shape index (κ3) is 5.93. The lowest BCUT2D eigenvalue weighted by Crippen LogP contribution is -2.42. The second-order valence-corrected chi connectivity index (χ2v) is 6.72. The number of amides is 1. The van der Waals surface area contributed by atoms with E-state index < -0.39 is 6.10 Å². The summed E-state index contributed by atoms with van der Waals surface area (Å²) in [4.78, 5) is 12.5. The van der Waals surface area contributed by atoms with Crippen molar-refractivity contribution in [2.75, 3.05) is 0 Å². The van der Waals surface area contributed by atoms with Gasteiger partial charge >= 0.3 is 0 Å². The van der Waals surface area contributed by atoms with Crippen LogP contribution in [0.4, 0.5) is 0 Å². The molecular formula is C22H29NO2. The molecule has 0 heterocycles. The predicted molar refractivity (Wildman–Crippen MR) is 103 cm³/mol. The predicted octanol–water partition coefficient (Wildman–Crippen LogP) is 4.60. The van der Waals surface area contributed by atoms with Crippen LogP contribution in [0.2, 0.25) is 0 Å². The summed E-state index contributed by atoms with van der Waals surface area (Å²) >= 11 is 0. The Hall–Kier alpha value is -2.29. The maximum Gasteiger partial charge on any atom is 0.261 e. The zero-order valence-corrected chi connectivity index (χ0v) is 15.7. The minimum Gasteiger partial charge on any atom is -0.480 e. The number of hydrogen-bond donors (Lipinski definition) is 1. The van der Waals surface area contributed by atoms with E-state index in [0.717, 1.165) is 24.2 Å². The van der Waals surface area contributed by atoms with Crippen molar-refractivity contribution in [3.05, 3.63) is 65.2 Å². The molecule has 2 aromatic rings. The third-order valence-corrected chi connectivity index (χ3v) is 4.36. The average molecular weight is 339 g/mol. The van der Waals surface area contributed by atoms with Gasteiger partial charge in [-0.1, -0.05) is 55.0 Å². The van der Waals surface area contributed by atoms with Crippen molar-refractivity contribution in [2.45, 2.75) is 59.1 Å². The van der Waals surface area contributed by atoms with Gasteiger partial charge < -0.3 is 10.1 Å². The van der Waals surface area contributed by atoms with E-state index in [-0.39, 0.29) is 11.9 Å². The van der Waals surface area contributed by atoms with Crippen LogP contribution in [-0.4, -0.2) is 18.1 Å². The van der Waals surface area contributed by atoms with Gasteiger partial charge in [-0.15, -0.1) is 0 Å². The molecule has 0 saturated heterocycles. The molecule has 1 amide bonds. The molecule has 0 aromatic heterocycles. The maximum absolute atomic E-state index is 12.5. The van der Waals surface area contributed by atoms with E-state index in [2.05, 4.69) is 30.4 Å². The van der Waals surface area contributed by atoms with Crippen molar-refractivity contribution in [3.63, 3.8) is 0 Å². The van der Waals surface area contributed by atoms with Crippen molar-refractivity contribution >= 4 is 5.91 Å². The summed E-state index contributed by atoms with van der Waals surface area (Å²) in [5, 5.41) is 3.09. The summed E-state index contributed by atoms with van der Waals surface area (Å²) in [7, 11) is 0. The van der Waals surface area contributed by atoms with Crippen molar-refractivity contribution in [1.29, 1.82) is 0 Å². The van der Waals surface area contributed by atoms with Gasteiger partial charge in [-0.2, -0.15) is 0 Å². The lowest BCUT2D eigenvalue weighted by atomic mass is 10.1. The summed E-state index contributed by atoms with van der Waals surface area (Å²) in [6.07, 6.45) is 2.05. The van der Waals surface area contributed by atoms with Crippen LogP contribution in [-0.2, 0) is 11.2 Å². The molecule has 0 aliphatic carbocycles. The molecule has 3 heteroatoms. The number of aryl methyl sites for hydroxylation is 3. The zero-order chi connectivity index (χ0) is 18.2. The van der Waals surface area contributed by atoms with E-state index in [0.29, 0.717) is 6.42 Å². The highest BCUT2D eigenvalue weighted by atomic mass is 16.5. The first-order chi connectivity index (χ1) is 12.0. The zero-order valence-electron chi connectivity index (χ0n) is 15.7. The van der Waals surface area contributed by atoms with Gasteiger partial charge in [0.2, 0.25) is 0 Å². The summed E-state index contributed by atoms with van der Waals surface area (Å²) in [6, 6.07) is 16.5. The monoisotopic (exact) mass is 339 g/mol. The average Bonchev–Trinajstić information content (AvgIpc) is 2.60. The molecule has 0 aliphatic rings. The number of ether oxygens (including phenoxy) is 1. The van der Waals surface area contributed by atoms with E-state index in [9.17, 15) is 4.79 Å². The summed E-state index contributed by atoms with van der Waals surface area (Å²) in [5.74, 6) is 0.743. The van der Waals surface area contributed by atoms with Crippen LogP contribution in [0.3, 0.4) is 0 Å². The van der Waals surface area contributed by atoms with Gasteiger partial charge in [0, 0.05) is 6.04 Å². The lowest BCUT2D eigenvalue weighted by molar-refractivity contribution is -0.128. The molecule has 134 valence electrons. The van der Waals surface area contributed by atoms with Crippen LogP contribution < -0.4 is 10.1 Å². The Labute approximate surface area is 151 Å². The number of hydrogen-bond acceptors (Lipinski definition) is 2. The van der Waals surface area contributed by atoms with Crippen LogP contribution in [0.1, 0.15) is 43.4 Å². The second-order valence-electron chi connectivity index (χ2n) is 6.72. The fourth-order valence-corrected chi connectivity index (χ4v) is 2.84. The SMILES string of the molecule is CC[C@H](Oc1ccc(C)cc1C)C(=O)N[C@H](C)CCc1ccccc1. The first-order valence-electron chi connectivity index (χ1n) is 9.07. The summed E-state index contributed by atoms with van der Waals surface area (Å²) in [6.45, 7) is 8.08. The summed E-state index contributed by atoms with van der Waals surface area (Å²) in [5.41, 5.74) is 3.54. The topological polar surface area (TPSA) is 38.3 Å². The Morgan fingerprint density at radius 1 is 1.12 bits per heavy atom. The Morgan fingerprint density at radius 2 is 1.84 bits per heavy atom. The Bertz CT molecular complexity index is 682. The maximum atomic E-state index is 12.5. The van der Waals surface area contributed by atoms with Gasteiger partial charge in [0.1, 0.15) is 5.75 Å². The highest BCUT2D eigenvalue weighted by molar-refractivity contribution is 5.81. The van der Waals surface area contributed by atoms with Crippen molar-refractivity contribution in [2.24, 2.45) is 0 Å². The van der Waals surface area contributed by atoms with Crippen LogP contribution in [0.15, 0.2) is 48.5 Å². The van der Waals surface area contributed by atoms with E-state index >= 15 is 0 Å². The van der Waals surface area contributed by atoms with Gasteiger partial charge in [-0.05, 0) is 57.2 Å². The van der Waals surface area contributed by atoms with Crippen LogP contribution in [0.25, 0.3) is 0 Å². The van der Waals surface area contributed by atoms with E-state index in [1.807, 2.05) is 51.1 Å². The van der Waals surface area contributed by atoms with Gasteiger partial charge in [0.25, 0.3) is 5.91 Å². The molecule has 0 unspecified atom stereocenters. The Balaban J connectivity index is 1.88. The van der Waals surface area contributed by atoms with E-state index in [4.69, 9.17) is 4.74 Å². The molecule has 2 atom stereocenters. The molecule has 0 radical (unpaired) electrons. The summed E-state index contributed by atoms with van der Waals surface area (Å²) < 4.78 is 5.96. The molecular weight excluding hydrogens is 310 g/mol. The molecule has 0 aliphatic heterocycles. The smallest absolute Gasteiger partial charge is 0.261 e. The molecule has 1 N–H and O–H groups in total. The van der Waals surface area contributed by atoms with Crippen LogP contribution in [0.5, 0.6) is 5.75 Å². The number of carbonyl (C=O) groups excluding carboxylic acids is 1. The molecule has 2 aromatic carbocycles. The minimum absolute atomic E-state index is 0.0389. The first kappa shape index (κ1) is 19.0. The molecule has 0 spiro atoms. The largest absolute Gasteiger partial charge is 0.480 e. The number of nitrogens with one attached hydrogen (secondary N) is 1. The first-order valence-corrected chi connectivity index (χ1v) is 9.07. The van der Waals surface area contributed by atoms with Crippen LogP contribution in [0, 0.1) is 13.8 Å². The second kappa shape index (κ2) is 9.26. The van der Waals surface area contributed by atoms with Gasteiger partial charge in [-0.3, -0.25) is 4.79 Å². The van der Waals surface area contributed by atoms with Gasteiger partial charge in [-0.25, -0.2) is 0 Å². The molecule has 2 rings (SSSR count). The highest BCUT2D eigenvalue weighted by Crippen LogP contribution is 2.21. The Morgan fingerprint density at radius 3 is 2.48 bits per heavy atom. The molecule has 0 fully saturated rings. The van der Waals surface area contributed by atoms with Crippen molar-refractivity contribution in [3.8, 4) is 5.75 Å². The number of benzene rings is 2. The van der Waals surface area contributed by atoms with Gasteiger partial charge in [0.05, 0.1) is 0 Å². The quantitative estimate of drug-likeness (QED) is 0.763. The van der Waals surface area contributed by atoms with Crippen molar-refractivity contribution in [1.82, 2.24) is 5.32 Å². The third-order valence-electron chi connectivity index (χ3n) is 4.36. The number of rotatable bonds is 8. The lowest BCUT2D eigenvalue weighted by Gasteiger charge is -2.21. The van der Waals surface area contributed by atoms with Gasteiger partial charge in [0.15, 0.2) is 6.10 Å². The van der Waals surface area contributed by atoms with Crippen molar-refractivity contribution < 1.29 is 9.53 Å². The fraction of sp³-hybridized carbons (Fsp3) is 0.409. The molecule has 0 bridgehead atoms. The highest BCUT2D eigenvalue weighted by Gasteiger charge is 2.20. The molecule has 25 heavy (non-hydrogen) atoms. The number of carbonyl (C=O) groups is 1. The Kier molecular flexibility index (Phi) is 7.05. The van der Waals surface area contributed by atoms with E-state index in [1.54, 1.807) is 0 Å².